The normalized spacial score (nSPS) is 13.4. The third-order valence-corrected chi connectivity index (χ3v) is 11.1. The van der Waals surface area contributed by atoms with Crippen molar-refractivity contribution in [2.75, 3.05) is 0 Å². The number of ether oxygens (including phenoxy) is 1. The Morgan fingerprint density at radius 2 is 0.982 bits per heavy atom. The van der Waals surface area contributed by atoms with E-state index in [4.69, 9.17) is 15.1 Å². The van der Waals surface area contributed by atoms with Gasteiger partial charge in [-0.2, -0.15) is 0 Å². The number of aliphatic imine (C=N–C) groups is 1. The second-order valence-electron chi connectivity index (χ2n) is 14.3. The third-order valence-electron chi connectivity index (χ3n) is 11.1. The molecule has 0 unspecified atom stereocenters. The van der Waals surface area contributed by atoms with Crippen molar-refractivity contribution < 1.29 is 4.74 Å². The lowest BCUT2D eigenvalue weighted by molar-refractivity contribution is 0.436. The van der Waals surface area contributed by atoms with Crippen LogP contribution in [0.25, 0.3) is 39.1 Å². The predicted molar refractivity (Wildman–Crippen MR) is 230 cm³/mol. The fraction of sp³-hybridized carbons (Fsp3) is 0.0189. The predicted octanol–water partition coefficient (Wildman–Crippen LogP) is 13.0. The molecule has 8 aromatic rings. The largest absolute Gasteiger partial charge is 0.457 e. The Kier molecular flexibility index (Phi) is 8.19. The van der Waals surface area contributed by atoms with E-state index in [0.29, 0.717) is 5.71 Å². The minimum atomic E-state index is -0.509. The van der Waals surface area contributed by atoms with Gasteiger partial charge in [-0.05, 0) is 92.0 Å². The van der Waals surface area contributed by atoms with Crippen molar-refractivity contribution in [1.82, 2.24) is 0 Å². The smallest absolute Gasteiger partial charge is 0.132 e. The molecule has 10 rings (SSSR count). The summed E-state index contributed by atoms with van der Waals surface area (Å²) in [6.07, 6.45) is 3.73. The van der Waals surface area contributed by atoms with E-state index in [0.717, 1.165) is 67.3 Å². The number of benzene rings is 8. The van der Waals surface area contributed by atoms with Gasteiger partial charge in [-0.15, -0.1) is 0 Å². The van der Waals surface area contributed by atoms with E-state index in [1.165, 1.54) is 22.3 Å². The number of hydrogen-bond donors (Lipinski definition) is 1. The summed E-state index contributed by atoms with van der Waals surface area (Å²) in [5, 5.41) is 8.77. The van der Waals surface area contributed by atoms with E-state index in [1.807, 2.05) is 73.0 Å². The number of para-hydroxylation sites is 2. The molecule has 3 nitrogen and oxygen atoms in total. The van der Waals surface area contributed by atoms with Gasteiger partial charge >= 0.3 is 0 Å². The molecule has 0 saturated carbocycles. The van der Waals surface area contributed by atoms with Gasteiger partial charge in [-0.25, -0.2) is 0 Å². The van der Waals surface area contributed by atoms with Crippen LogP contribution in [0.2, 0.25) is 0 Å². The van der Waals surface area contributed by atoms with Gasteiger partial charge in [0.1, 0.15) is 11.5 Å². The molecule has 264 valence electrons. The minimum absolute atomic E-state index is 0.416. The highest BCUT2D eigenvalue weighted by Gasteiger charge is 2.51. The first-order valence-corrected chi connectivity index (χ1v) is 18.9. The highest BCUT2D eigenvalue weighted by atomic mass is 16.5. The van der Waals surface area contributed by atoms with E-state index in [9.17, 15) is 0 Å². The Labute approximate surface area is 327 Å². The molecule has 0 aromatic heterocycles. The average molecular weight is 717 g/mol. The van der Waals surface area contributed by atoms with Crippen LogP contribution in [0, 0.1) is 5.41 Å². The fourth-order valence-corrected chi connectivity index (χ4v) is 8.50. The zero-order valence-corrected chi connectivity index (χ0v) is 30.6. The SMILES string of the molecule is N=C(/C=C(\N=C\c1cccc(-c2cccc(-c3ccc4c(c3)C3(c5ccccc5Oc5ccccc53)c3ccccc3-4)c2)c1)c1ccccc1)c1ccccc1. The van der Waals surface area contributed by atoms with Gasteiger partial charge in [0.2, 0.25) is 0 Å². The molecule has 1 spiro atoms. The van der Waals surface area contributed by atoms with Crippen molar-refractivity contribution in [2.24, 2.45) is 4.99 Å². The third kappa shape index (κ3) is 5.61. The van der Waals surface area contributed by atoms with Crippen LogP contribution >= 0.6 is 0 Å². The molecule has 1 aliphatic heterocycles. The standard InChI is InChI=1S/C53H36N2O/c54-49(37-16-3-1-4-17-37)34-50(38-18-5-2-6-19-38)55-35-36-15-13-20-39(31-36)40-21-14-22-41(32-40)42-29-30-44-43-23-7-8-24-45(43)53(48(44)33-42)46-25-9-11-27-51(46)56-52-28-12-10-26-47(52)53/h1-35,54H/b50-34-,54-49?,55-35+. The van der Waals surface area contributed by atoms with Crippen LogP contribution in [0.3, 0.4) is 0 Å². The molecule has 1 aliphatic carbocycles. The first kappa shape index (κ1) is 33.2. The van der Waals surface area contributed by atoms with Crippen molar-refractivity contribution in [3.63, 3.8) is 0 Å². The topological polar surface area (TPSA) is 45.4 Å². The molecule has 0 saturated heterocycles. The molecule has 0 amide bonds. The number of nitrogens with zero attached hydrogens (tertiary/aromatic N) is 1. The summed E-state index contributed by atoms with van der Waals surface area (Å²) in [6, 6.07) is 69.9. The Bertz CT molecular complexity index is 2810. The zero-order chi connectivity index (χ0) is 37.5. The summed E-state index contributed by atoms with van der Waals surface area (Å²) in [4.78, 5) is 4.94. The second-order valence-corrected chi connectivity index (χ2v) is 14.3. The van der Waals surface area contributed by atoms with Crippen LogP contribution in [0.4, 0.5) is 0 Å². The summed E-state index contributed by atoms with van der Waals surface area (Å²) >= 11 is 0. The van der Waals surface area contributed by atoms with E-state index < -0.39 is 5.41 Å². The molecule has 0 bridgehead atoms. The van der Waals surface area contributed by atoms with E-state index in [2.05, 4.69) is 140 Å². The van der Waals surface area contributed by atoms with E-state index >= 15 is 0 Å². The summed E-state index contributed by atoms with van der Waals surface area (Å²) in [5.74, 6) is 1.79. The molecule has 0 radical (unpaired) electrons. The maximum absolute atomic E-state index is 8.77. The Hall–Kier alpha value is -7.36. The van der Waals surface area contributed by atoms with Gasteiger partial charge in [0.05, 0.1) is 16.8 Å². The van der Waals surface area contributed by atoms with Gasteiger partial charge < -0.3 is 10.1 Å². The minimum Gasteiger partial charge on any atom is -0.457 e. The molecular weight excluding hydrogens is 681 g/mol. The number of hydrogen-bond acceptors (Lipinski definition) is 3. The molecule has 0 fully saturated rings. The van der Waals surface area contributed by atoms with E-state index in [1.54, 1.807) is 0 Å². The first-order valence-electron chi connectivity index (χ1n) is 18.9. The molecule has 1 N–H and O–H groups in total. The van der Waals surface area contributed by atoms with Crippen LogP contribution in [0.1, 0.15) is 38.9 Å². The average Bonchev–Trinajstić information content (AvgIpc) is 3.56. The maximum atomic E-state index is 8.77. The Morgan fingerprint density at radius 3 is 1.68 bits per heavy atom. The molecule has 1 heterocycles. The van der Waals surface area contributed by atoms with Crippen LogP contribution in [-0.2, 0) is 5.41 Å². The maximum Gasteiger partial charge on any atom is 0.132 e. The van der Waals surface area contributed by atoms with Crippen molar-refractivity contribution >= 4 is 17.6 Å². The lowest BCUT2D eigenvalue weighted by atomic mass is 9.66. The van der Waals surface area contributed by atoms with Crippen LogP contribution in [0.5, 0.6) is 11.5 Å². The summed E-state index contributed by atoms with van der Waals surface area (Å²) in [5.41, 5.74) is 15.4. The lowest BCUT2D eigenvalue weighted by Gasteiger charge is -2.39. The number of fused-ring (bicyclic) bond motifs is 9. The second kappa shape index (κ2) is 13.8. The molecule has 3 heteroatoms. The lowest BCUT2D eigenvalue weighted by Crippen LogP contribution is -2.32. The number of nitrogens with one attached hydrogen (secondary N) is 1. The molecule has 2 aliphatic rings. The summed E-state index contributed by atoms with van der Waals surface area (Å²) in [7, 11) is 0. The Balaban J connectivity index is 1.03. The monoisotopic (exact) mass is 716 g/mol. The molecule has 8 aromatic carbocycles. The van der Waals surface area contributed by atoms with Crippen molar-refractivity contribution in [1.29, 1.82) is 5.41 Å². The van der Waals surface area contributed by atoms with Gasteiger partial charge in [0.15, 0.2) is 0 Å². The van der Waals surface area contributed by atoms with Gasteiger partial charge in [0.25, 0.3) is 0 Å². The molecular formula is C53H36N2O. The highest BCUT2D eigenvalue weighted by molar-refractivity contribution is 6.10. The van der Waals surface area contributed by atoms with Crippen LogP contribution in [-0.4, -0.2) is 11.9 Å². The van der Waals surface area contributed by atoms with Crippen molar-refractivity contribution in [2.45, 2.75) is 5.41 Å². The van der Waals surface area contributed by atoms with Crippen molar-refractivity contribution in [3.05, 3.63) is 245 Å². The van der Waals surface area contributed by atoms with Gasteiger partial charge in [-0.1, -0.05) is 170 Å². The van der Waals surface area contributed by atoms with Crippen LogP contribution in [0.15, 0.2) is 211 Å². The van der Waals surface area contributed by atoms with Gasteiger partial charge in [0, 0.05) is 22.9 Å². The van der Waals surface area contributed by atoms with E-state index in [-0.39, 0.29) is 0 Å². The quantitative estimate of drug-likeness (QED) is 0.164. The number of allylic oxidation sites excluding steroid dienone is 1. The molecule has 56 heavy (non-hydrogen) atoms. The molecule has 0 atom stereocenters. The summed E-state index contributed by atoms with van der Waals surface area (Å²) in [6.45, 7) is 0. The fourth-order valence-electron chi connectivity index (χ4n) is 8.50. The van der Waals surface area contributed by atoms with Crippen molar-refractivity contribution in [3.8, 4) is 44.9 Å². The number of rotatable bonds is 7. The van der Waals surface area contributed by atoms with Crippen LogP contribution < -0.4 is 4.74 Å². The zero-order valence-electron chi connectivity index (χ0n) is 30.6. The highest BCUT2D eigenvalue weighted by Crippen LogP contribution is 2.62. The first-order chi connectivity index (χ1) is 27.7. The van der Waals surface area contributed by atoms with Gasteiger partial charge in [-0.3, -0.25) is 4.99 Å². The summed E-state index contributed by atoms with van der Waals surface area (Å²) < 4.78 is 6.55. The Morgan fingerprint density at radius 1 is 0.446 bits per heavy atom.